The normalized spacial score (nSPS) is 10.5. The van der Waals surface area contributed by atoms with Gasteiger partial charge in [0.25, 0.3) is 0 Å². The fraction of sp³-hybridized carbons (Fsp3) is 0.462. The fourth-order valence-electron chi connectivity index (χ4n) is 1.70. The summed E-state index contributed by atoms with van der Waals surface area (Å²) in [5.41, 5.74) is 6.37. The fourth-order valence-corrected chi connectivity index (χ4v) is 1.70. The second kappa shape index (κ2) is 6.74. The number of aromatic nitrogens is 4. The van der Waals surface area contributed by atoms with Gasteiger partial charge in [-0.05, 0) is 18.6 Å². The highest BCUT2D eigenvalue weighted by molar-refractivity contribution is 5.53. The molecule has 20 heavy (non-hydrogen) atoms. The van der Waals surface area contributed by atoms with Crippen molar-refractivity contribution in [3.05, 3.63) is 24.3 Å². The molecule has 0 atom stereocenters. The van der Waals surface area contributed by atoms with Gasteiger partial charge < -0.3 is 20.4 Å². The van der Waals surface area contributed by atoms with Gasteiger partial charge in [0, 0.05) is 20.0 Å². The van der Waals surface area contributed by atoms with Gasteiger partial charge in [-0.3, -0.25) is 0 Å². The average Bonchev–Trinajstić information content (AvgIpc) is 2.85. The van der Waals surface area contributed by atoms with Gasteiger partial charge in [0.2, 0.25) is 5.88 Å². The van der Waals surface area contributed by atoms with Crippen LogP contribution in [0.3, 0.4) is 0 Å². The Hall–Kier alpha value is -2.31. The Morgan fingerprint density at radius 3 is 2.95 bits per heavy atom. The van der Waals surface area contributed by atoms with E-state index in [0.717, 1.165) is 31.0 Å². The molecule has 2 rings (SSSR count). The molecule has 0 aliphatic rings. The van der Waals surface area contributed by atoms with Gasteiger partial charge in [-0.25, -0.2) is 0 Å². The lowest BCUT2D eigenvalue weighted by Crippen LogP contribution is -2.10. The third-order valence-corrected chi connectivity index (χ3v) is 2.79. The lowest BCUT2D eigenvalue weighted by Gasteiger charge is -2.10. The van der Waals surface area contributed by atoms with Gasteiger partial charge in [0.15, 0.2) is 0 Å². The number of hydrogen-bond donors (Lipinski definition) is 2. The predicted octanol–water partition coefficient (Wildman–Crippen LogP) is 1.24. The van der Waals surface area contributed by atoms with E-state index >= 15 is 0 Å². The molecule has 0 saturated carbocycles. The second-order valence-corrected chi connectivity index (χ2v) is 4.47. The molecule has 3 N–H and O–H groups in total. The summed E-state index contributed by atoms with van der Waals surface area (Å²) in [6, 6.07) is 3.63. The maximum absolute atomic E-state index is 5.82. The number of ether oxygens (including phenoxy) is 1. The lowest BCUT2D eigenvalue weighted by atomic mass is 10.3. The molecule has 0 spiro atoms. The topological polar surface area (TPSA) is 90.9 Å². The number of nitrogens with one attached hydrogen (secondary N) is 1. The Morgan fingerprint density at radius 2 is 2.25 bits per heavy atom. The van der Waals surface area contributed by atoms with Crippen molar-refractivity contribution in [1.82, 2.24) is 19.7 Å². The van der Waals surface area contributed by atoms with Gasteiger partial charge >= 0.3 is 0 Å². The van der Waals surface area contributed by atoms with E-state index in [9.17, 15) is 0 Å². The maximum Gasteiger partial charge on any atom is 0.239 e. The van der Waals surface area contributed by atoms with Crippen LogP contribution in [0, 0.1) is 0 Å². The lowest BCUT2D eigenvalue weighted by molar-refractivity contribution is 0.307. The number of aryl methyl sites for hydroxylation is 1. The van der Waals surface area contributed by atoms with Gasteiger partial charge in [-0.2, -0.15) is 4.98 Å². The van der Waals surface area contributed by atoms with Crippen molar-refractivity contribution in [2.45, 2.75) is 19.8 Å². The number of hydrogen-bond acceptors (Lipinski definition) is 6. The molecule has 0 saturated heterocycles. The molecule has 0 fully saturated rings. The molecule has 7 nitrogen and oxygen atoms in total. The van der Waals surface area contributed by atoms with Crippen LogP contribution in [-0.4, -0.2) is 32.9 Å². The van der Waals surface area contributed by atoms with E-state index in [2.05, 4.69) is 20.5 Å². The number of rotatable bonds is 7. The monoisotopic (exact) mass is 276 g/mol. The molecule has 0 aliphatic heterocycles. The standard InChI is InChI=1S/C13H20N6O/c1-3-8-20-13-10(14)4-5-11(17-13)15-7-6-12-18-16-9-19(12)2/h4-5,9H,3,6-8,14H2,1-2H3,(H,15,17). The maximum atomic E-state index is 5.82. The molecule has 0 radical (unpaired) electrons. The van der Waals surface area contributed by atoms with Crippen molar-refractivity contribution >= 4 is 11.5 Å². The number of anilines is 2. The van der Waals surface area contributed by atoms with Crippen LogP contribution in [0.15, 0.2) is 18.5 Å². The van der Waals surface area contributed by atoms with Crippen LogP contribution in [0.5, 0.6) is 5.88 Å². The second-order valence-electron chi connectivity index (χ2n) is 4.47. The quantitative estimate of drug-likeness (QED) is 0.790. The van der Waals surface area contributed by atoms with Crippen LogP contribution in [0.1, 0.15) is 19.2 Å². The van der Waals surface area contributed by atoms with Gasteiger partial charge in [0.05, 0.1) is 12.3 Å². The summed E-state index contributed by atoms with van der Waals surface area (Å²) in [5.74, 6) is 2.15. The molecule has 108 valence electrons. The molecule has 0 unspecified atom stereocenters. The highest BCUT2D eigenvalue weighted by atomic mass is 16.5. The average molecular weight is 276 g/mol. The van der Waals surface area contributed by atoms with E-state index in [1.807, 2.05) is 24.6 Å². The Labute approximate surface area is 118 Å². The van der Waals surface area contributed by atoms with Crippen molar-refractivity contribution in [2.24, 2.45) is 7.05 Å². The summed E-state index contributed by atoms with van der Waals surface area (Å²) >= 11 is 0. The minimum Gasteiger partial charge on any atom is -0.476 e. The smallest absolute Gasteiger partial charge is 0.239 e. The van der Waals surface area contributed by atoms with Crippen LogP contribution in [-0.2, 0) is 13.5 Å². The highest BCUT2D eigenvalue weighted by Crippen LogP contribution is 2.20. The summed E-state index contributed by atoms with van der Waals surface area (Å²) in [6.45, 7) is 3.37. The van der Waals surface area contributed by atoms with E-state index in [-0.39, 0.29) is 0 Å². The van der Waals surface area contributed by atoms with Crippen LogP contribution in [0.25, 0.3) is 0 Å². The summed E-state index contributed by atoms with van der Waals surface area (Å²) in [7, 11) is 1.92. The largest absolute Gasteiger partial charge is 0.476 e. The summed E-state index contributed by atoms with van der Waals surface area (Å²) in [5, 5.41) is 11.1. The molecule has 2 aromatic rings. The molecular formula is C13H20N6O. The van der Waals surface area contributed by atoms with Crippen LogP contribution < -0.4 is 15.8 Å². The first-order valence-electron chi connectivity index (χ1n) is 6.66. The third-order valence-electron chi connectivity index (χ3n) is 2.79. The Balaban J connectivity index is 1.91. The first kappa shape index (κ1) is 14.1. The first-order chi connectivity index (χ1) is 9.70. The van der Waals surface area contributed by atoms with E-state index in [0.29, 0.717) is 18.2 Å². The number of nitrogen functional groups attached to an aromatic ring is 1. The van der Waals surface area contributed by atoms with E-state index in [1.54, 1.807) is 12.4 Å². The predicted molar refractivity (Wildman–Crippen MR) is 77.6 cm³/mol. The Morgan fingerprint density at radius 1 is 1.40 bits per heavy atom. The molecule has 2 heterocycles. The minimum absolute atomic E-state index is 0.482. The molecule has 0 aliphatic carbocycles. The number of nitrogens with zero attached hydrogens (tertiary/aromatic N) is 4. The van der Waals surface area contributed by atoms with Crippen molar-refractivity contribution in [3.63, 3.8) is 0 Å². The molecule has 0 amide bonds. The van der Waals surface area contributed by atoms with Crippen molar-refractivity contribution < 1.29 is 4.74 Å². The third kappa shape index (κ3) is 3.59. The highest BCUT2D eigenvalue weighted by Gasteiger charge is 2.05. The van der Waals surface area contributed by atoms with Gasteiger partial charge in [0.1, 0.15) is 18.0 Å². The zero-order chi connectivity index (χ0) is 14.4. The zero-order valence-electron chi connectivity index (χ0n) is 11.8. The Kier molecular flexibility index (Phi) is 4.75. The molecule has 7 heteroatoms. The van der Waals surface area contributed by atoms with E-state index in [1.165, 1.54) is 0 Å². The summed E-state index contributed by atoms with van der Waals surface area (Å²) in [6.07, 6.45) is 3.38. The van der Waals surface area contributed by atoms with E-state index < -0.39 is 0 Å². The van der Waals surface area contributed by atoms with Crippen molar-refractivity contribution in [2.75, 3.05) is 24.2 Å². The summed E-state index contributed by atoms with van der Waals surface area (Å²) in [4.78, 5) is 4.35. The number of nitrogens with two attached hydrogens (primary N) is 1. The number of pyridine rings is 1. The molecule has 2 aromatic heterocycles. The van der Waals surface area contributed by atoms with Crippen LogP contribution >= 0.6 is 0 Å². The summed E-state index contributed by atoms with van der Waals surface area (Å²) < 4.78 is 7.39. The van der Waals surface area contributed by atoms with Crippen molar-refractivity contribution in [3.8, 4) is 5.88 Å². The minimum atomic E-state index is 0.482. The van der Waals surface area contributed by atoms with Crippen molar-refractivity contribution in [1.29, 1.82) is 0 Å². The van der Waals surface area contributed by atoms with Crippen LogP contribution in [0.2, 0.25) is 0 Å². The molecule has 0 aromatic carbocycles. The van der Waals surface area contributed by atoms with E-state index in [4.69, 9.17) is 10.5 Å². The Bertz CT molecular complexity index is 554. The van der Waals surface area contributed by atoms with Gasteiger partial charge in [-0.1, -0.05) is 6.92 Å². The van der Waals surface area contributed by atoms with Crippen LogP contribution in [0.4, 0.5) is 11.5 Å². The molecular weight excluding hydrogens is 256 g/mol. The first-order valence-corrected chi connectivity index (χ1v) is 6.66. The SMILES string of the molecule is CCCOc1nc(NCCc2nncn2C)ccc1N. The molecule has 0 bridgehead atoms. The zero-order valence-corrected chi connectivity index (χ0v) is 11.8. The van der Waals surface area contributed by atoms with Gasteiger partial charge in [-0.15, -0.1) is 10.2 Å².